The third-order valence-corrected chi connectivity index (χ3v) is 1.90. The van der Waals surface area contributed by atoms with E-state index in [2.05, 4.69) is 4.79 Å². The van der Waals surface area contributed by atoms with Gasteiger partial charge in [0.2, 0.25) is 0 Å². The second-order valence-electron chi connectivity index (χ2n) is 2.85. The van der Waals surface area contributed by atoms with Crippen molar-refractivity contribution in [2.24, 2.45) is 0 Å². The van der Waals surface area contributed by atoms with E-state index in [0.717, 1.165) is 6.07 Å². The van der Waals surface area contributed by atoms with Crippen molar-refractivity contribution in [2.45, 2.75) is 6.61 Å². The van der Waals surface area contributed by atoms with Crippen LogP contribution in [0.15, 0.2) is 18.2 Å². The molecule has 0 N–H and O–H groups in total. The average molecular weight is 220 g/mol. The van der Waals surface area contributed by atoms with Crippen LogP contribution in [0.2, 0.25) is 0 Å². The number of hydrogen-bond donors (Lipinski definition) is 0. The molecule has 1 aromatic carbocycles. The molecule has 0 saturated heterocycles. The number of hydrogen-bond acceptors (Lipinski definition) is 3. The number of Topliss-reactive ketones (excluding diaryl/α,β-unsaturated/α-hetero) is 1. The highest BCUT2D eigenvalue weighted by molar-refractivity contribution is 6.33. The number of carbonyl (C=O) groups excluding carboxylic acids is 1. The van der Waals surface area contributed by atoms with Gasteiger partial charge in [0.1, 0.15) is 6.61 Å². The molecule has 81 valence electrons. The molecular weight excluding hydrogens is 214 g/mol. The number of nitro benzene ring substituents is 1. The van der Waals surface area contributed by atoms with E-state index >= 15 is 0 Å². The van der Waals surface area contributed by atoms with E-state index in [1.54, 1.807) is 0 Å². The van der Waals surface area contributed by atoms with Crippen molar-refractivity contribution >= 4 is 17.7 Å². The predicted molar refractivity (Wildman–Crippen MR) is 51.5 cm³/mol. The summed E-state index contributed by atoms with van der Waals surface area (Å²) >= 11 is 0. The minimum absolute atomic E-state index is 0.00230. The van der Waals surface area contributed by atoms with Crippen LogP contribution < -0.4 is 0 Å². The predicted octanol–water partition coefficient (Wildman–Crippen LogP) is 1.01. The average Bonchev–Trinajstić information content (AvgIpc) is 2.28. The van der Waals surface area contributed by atoms with Gasteiger partial charge in [0, 0.05) is 11.6 Å². The van der Waals surface area contributed by atoms with Gasteiger partial charge in [-0.1, -0.05) is 0 Å². The summed E-state index contributed by atoms with van der Waals surface area (Å²) in [6.07, 6.45) is 0.621. The highest BCUT2D eigenvalue weighted by Gasteiger charge is 2.17. The Hall–Kier alpha value is -2.37. The lowest BCUT2D eigenvalue weighted by Crippen LogP contribution is -2.03. The van der Waals surface area contributed by atoms with E-state index < -0.39 is 23.0 Å². The molecule has 0 bridgehead atoms. The summed E-state index contributed by atoms with van der Waals surface area (Å²) < 4.78 is 0. The highest BCUT2D eigenvalue weighted by atomic mass is 16.6. The molecule has 0 amide bonds. The number of benzene rings is 1. The first-order valence-corrected chi connectivity index (χ1v) is 4.17. The summed E-state index contributed by atoms with van der Waals surface area (Å²) in [5.74, 6) is -0.678. The summed E-state index contributed by atoms with van der Waals surface area (Å²) in [5.41, 5.74) is 7.72. The van der Waals surface area contributed by atoms with Gasteiger partial charge in [0.05, 0.1) is 10.5 Å². The van der Waals surface area contributed by atoms with Gasteiger partial charge in [-0.3, -0.25) is 14.9 Å². The summed E-state index contributed by atoms with van der Waals surface area (Å²) in [7, 11) is 0. The molecule has 1 aromatic rings. The van der Waals surface area contributed by atoms with Gasteiger partial charge in [-0.25, -0.2) is 5.11 Å². The van der Waals surface area contributed by atoms with Crippen molar-refractivity contribution in [1.82, 2.24) is 0 Å². The third kappa shape index (κ3) is 2.35. The molecule has 16 heavy (non-hydrogen) atoms. The van der Waals surface area contributed by atoms with Crippen LogP contribution in [0.25, 0.3) is 5.53 Å². The Morgan fingerprint density at radius 1 is 1.56 bits per heavy atom. The maximum Gasteiger partial charge on any atom is 0.328 e. The molecule has 7 heteroatoms. The van der Waals surface area contributed by atoms with Crippen molar-refractivity contribution < 1.29 is 19.6 Å². The molecule has 0 fully saturated rings. The van der Waals surface area contributed by atoms with Crippen molar-refractivity contribution in [3.8, 4) is 0 Å². The van der Waals surface area contributed by atoms with Crippen LogP contribution in [-0.2, 0) is 11.7 Å². The lowest BCUT2D eigenvalue weighted by Gasteiger charge is -1.99. The largest absolute Gasteiger partial charge is 0.361 e. The van der Waals surface area contributed by atoms with Gasteiger partial charge in [-0.05, 0) is 12.1 Å². The molecule has 1 radical (unpaired) electrons. The number of nitrogens with zero attached hydrogens (tertiary/aromatic N) is 3. The Kier molecular flexibility index (Phi) is 3.60. The van der Waals surface area contributed by atoms with E-state index in [4.69, 9.17) is 5.53 Å². The molecule has 0 aliphatic rings. The normalized spacial score (nSPS) is 9.31. The van der Waals surface area contributed by atoms with Crippen LogP contribution in [0.5, 0.6) is 0 Å². The zero-order valence-corrected chi connectivity index (χ0v) is 7.99. The van der Waals surface area contributed by atoms with E-state index in [1.807, 2.05) is 0 Å². The van der Waals surface area contributed by atoms with Crippen LogP contribution in [0.1, 0.15) is 15.9 Å². The monoisotopic (exact) mass is 220 g/mol. The first kappa shape index (κ1) is 11.7. The SMILES string of the molecule is [N-]=[N+]=CC(=O)c1ccc(C[O])c([N+](=O)[O-])c1. The van der Waals surface area contributed by atoms with Crippen molar-refractivity contribution in [3.63, 3.8) is 0 Å². The van der Waals surface area contributed by atoms with Crippen LogP contribution in [0.3, 0.4) is 0 Å². The maximum absolute atomic E-state index is 11.2. The molecule has 0 unspecified atom stereocenters. The van der Waals surface area contributed by atoms with Crippen LogP contribution >= 0.6 is 0 Å². The topological polar surface area (TPSA) is 117 Å². The van der Waals surface area contributed by atoms with Gasteiger partial charge in [-0.15, -0.1) is 0 Å². The second-order valence-corrected chi connectivity index (χ2v) is 2.85. The van der Waals surface area contributed by atoms with Gasteiger partial charge >= 0.3 is 6.21 Å². The minimum atomic E-state index is -0.737. The van der Waals surface area contributed by atoms with E-state index in [0.29, 0.717) is 6.21 Å². The lowest BCUT2D eigenvalue weighted by molar-refractivity contribution is -0.386. The number of carbonyl (C=O) groups is 1. The Balaban J connectivity index is 3.26. The van der Waals surface area contributed by atoms with Gasteiger partial charge in [-0.2, -0.15) is 4.79 Å². The third-order valence-electron chi connectivity index (χ3n) is 1.90. The highest BCUT2D eigenvalue weighted by Crippen LogP contribution is 2.20. The molecule has 0 atom stereocenters. The molecule has 1 rings (SSSR count). The zero-order chi connectivity index (χ0) is 12.1. The first-order chi connectivity index (χ1) is 7.60. The Morgan fingerprint density at radius 3 is 2.75 bits per heavy atom. The Morgan fingerprint density at radius 2 is 2.25 bits per heavy atom. The van der Waals surface area contributed by atoms with Gasteiger partial charge < -0.3 is 5.53 Å². The Bertz CT molecular complexity index is 492. The molecule has 7 nitrogen and oxygen atoms in total. The minimum Gasteiger partial charge on any atom is -0.361 e. The van der Waals surface area contributed by atoms with Crippen LogP contribution in [0.4, 0.5) is 5.69 Å². The van der Waals surface area contributed by atoms with Gasteiger partial charge in [0.15, 0.2) is 0 Å². The quantitative estimate of drug-likeness (QED) is 0.188. The van der Waals surface area contributed by atoms with E-state index in [1.165, 1.54) is 12.1 Å². The van der Waals surface area contributed by atoms with Crippen molar-refractivity contribution in [1.29, 1.82) is 0 Å². The van der Waals surface area contributed by atoms with Crippen molar-refractivity contribution in [3.05, 3.63) is 45.0 Å². The Labute approximate surface area is 89.7 Å². The van der Waals surface area contributed by atoms with Crippen LogP contribution in [0, 0.1) is 10.1 Å². The maximum atomic E-state index is 11.2. The van der Waals surface area contributed by atoms with Crippen LogP contribution in [-0.4, -0.2) is 21.7 Å². The molecule has 0 heterocycles. The molecule has 0 saturated carbocycles. The first-order valence-electron chi connectivity index (χ1n) is 4.17. The number of nitro groups is 1. The fourth-order valence-corrected chi connectivity index (χ4v) is 1.14. The lowest BCUT2D eigenvalue weighted by atomic mass is 10.1. The van der Waals surface area contributed by atoms with Crippen molar-refractivity contribution in [2.75, 3.05) is 0 Å². The standard InChI is InChI=1S/C9H6N3O4/c10-11-4-9(14)6-1-2-7(5-13)8(3-6)12(15)16/h1-4H,5H2. The second kappa shape index (κ2) is 4.92. The fraction of sp³-hybridized carbons (Fsp3) is 0.111. The van der Waals surface area contributed by atoms with E-state index in [-0.39, 0.29) is 11.1 Å². The van der Waals surface area contributed by atoms with Gasteiger partial charge in [0.25, 0.3) is 11.5 Å². The summed E-state index contributed by atoms with van der Waals surface area (Å²) in [6.45, 7) is -0.737. The number of rotatable bonds is 4. The molecule has 0 spiro atoms. The van der Waals surface area contributed by atoms with E-state index in [9.17, 15) is 20.0 Å². The summed E-state index contributed by atoms with van der Waals surface area (Å²) in [4.78, 5) is 23.6. The molecule has 0 aromatic heterocycles. The molecular formula is C9H6N3O4. The summed E-state index contributed by atoms with van der Waals surface area (Å²) in [5, 5.41) is 21.2. The number of ketones is 1. The summed E-state index contributed by atoms with van der Waals surface area (Å²) in [6, 6.07) is 3.46. The molecule has 0 aliphatic heterocycles. The smallest absolute Gasteiger partial charge is 0.328 e. The fourth-order valence-electron chi connectivity index (χ4n) is 1.14. The molecule has 0 aliphatic carbocycles. The zero-order valence-electron chi connectivity index (χ0n) is 7.99.